The number of benzene rings is 2. The summed E-state index contributed by atoms with van der Waals surface area (Å²) < 4.78 is 28.0. The standard InChI is InChI=1S/C21H25ClN2O3S/c1-14-11-15(2)20(16(3)12-14)28(26,27)24-10-6-7-17(13-24)21(25)23-19-9-5-4-8-18(19)22/h4-5,8-9,11-12,17H,6-7,10,13H2,1-3H3,(H,23,25). The van der Waals surface area contributed by atoms with Crippen molar-refractivity contribution in [1.82, 2.24) is 4.31 Å². The molecule has 1 saturated heterocycles. The average molecular weight is 421 g/mol. The Morgan fingerprint density at radius 1 is 1.14 bits per heavy atom. The second-order valence-electron chi connectivity index (χ2n) is 7.40. The summed E-state index contributed by atoms with van der Waals surface area (Å²) in [6, 6.07) is 10.8. The Balaban J connectivity index is 1.81. The number of carbonyl (C=O) groups excluding carboxylic acids is 1. The molecule has 1 heterocycles. The van der Waals surface area contributed by atoms with E-state index in [1.807, 2.05) is 32.9 Å². The minimum atomic E-state index is -3.66. The van der Waals surface area contributed by atoms with Gasteiger partial charge in [-0.2, -0.15) is 4.31 Å². The molecular weight excluding hydrogens is 396 g/mol. The molecule has 0 aliphatic carbocycles. The van der Waals surface area contributed by atoms with Gasteiger partial charge >= 0.3 is 0 Å². The molecule has 2 aromatic carbocycles. The molecule has 3 rings (SSSR count). The van der Waals surface area contributed by atoms with Gasteiger partial charge in [-0.15, -0.1) is 0 Å². The van der Waals surface area contributed by atoms with Crippen molar-refractivity contribution in [3.8, 4) is 0 Å². The lowest BCUT2D eigenvalue weighted by Crippen LogP contribution is -2.44. The van der Waals surface area contributed by atoms with Crippen molar-refractivity contribution in [2.45, 2.75) is 38.5 Å². The van der Waals surface area contributed by atoms with Crippen molar-refractivity contribution in [2.24, 2.45) is 5.92 Å². The maximum Gasteiger partial charge on any atom is 0.243 e. The topological polar surface area (TPSA) is 66.5 Å². The fraction of sp³-hybridized carbons (Fsp3) is 0.381. The summed E-state index contributed by atoms with van der Waals surface area (Å²) in [7, 11) is -3.66. The van der Waals surface area contributed by atoms with Gasteiger partial charge in [0, 0.05) is 13.1 Å². The first kappa shape index (κ1) is 20.8. The van der Waals surface area contributed by atoms with E-state index >= 15 is 0 Å². The van der Waals surface area contributed by atoms with Gasteiger partial charge in [-0.1, -0.05) is 41.4 Å². The monoisotopic (exact) mass is 420 g/mol. The van der Waals surface area contributed by atoms with Crippen LogP contribution < -0.4 is 5.32 Å². The van der Waals surface area contributed by atoms with Gasteiger partial charge in [0.15, 0.2) is 0 Å². The third-order valence-corrected chi connectivity index (χ3v) is 7.59. The smallest absolute Gasteiger partial charge is 0.243 e. The molecule has 0 radical (unpaired) electrons. The van der Waals surface area contributed by atoms with Crippen LogP contribution in [0.1, 0.15) is 29.5 Å². The number of para-hydroxylation sites is 1. The van der Waals surface area contributed by atoms with Crippen LogP contribution in [-0.4, -0.2) is 31.7 Å². The Kier molecular flexibility index (Phi) is 6.12. The van der Waals surface area contributed by atoms with Crippen molar-refractivity contribution in [3.05, 3.63) is 58.1 Å². The van der Waals surface area contributed by atoms with Crippen LogP contribution in [0.5, 0.6) is 0 Å². The second kappa shape index (κ2) is 8.23. The first-order valence-corrected chi connectivity index (χ1v) is 11.2. The van der Waals surface area contributed by atoms with E-state index in [-0.39, 0.29) is 12.5 Å². The molecule has 1 unspecified atom stereocenters. The summed E-state index contributed by atoms with van der Waals surface area (Å²) in [6.45, 7) is 6.18. The highest BCUT2D eigenvalue weighted by Crippen LogP contribution is 2.30. The van der Waals surface area contributed by atoms with Gasteiger partial charge < -0.3 is 5.32 Å². The van der Waals surface area contributed by atoms with Crippen molar-refractivity contribution in [1.29, 1.82) is 0 Å². The lowest BCUT2D eigenvalue weighted by atomic mass is 9.99. The fourth-order valence-corrected chi connectivity index (χ4v) is 5.99. The molecule has 0 bridgehead atoms. The zero-order valence-corrected chi connectivity index (χ0v) is 17.9. The molecular formula is C21H25ClN2O3S. The predicted octanol–water partition coefficient (Wildman–Crippen LogP) is 4.30. The van der Waals surface area contributed by atoms with E-state index in [0.29, 0.717) is 35.0 Å². The van der Waals surface area contributed by atoms with Crippen LogP contribution in [0.4, 0.5) is 5.69 Å². The normalized spacial score (nSPS) is 18.1. The lowest BCUT2D eigenvalue weighted by Gasteiger charge is -2.32. The van der Waals surface area contributed by atoms with Crippen LogP contribution in [-0.2, 0) is 14.8 Å². The molecule has 5 nitrogen and oxygen atoms in total. The van der Waals surface area contributed by atoms with Crippen LogP contribution in [0.25, 0.3) is 0 Å². The van der Waals surface area contributed by atoms with Crippen LogP contribution in [0.15, 0.2) is 41.3 Å². The summed E-state index contributed by atoms with van der Waals surface area (Å²) in [4.78, 5) is 13.1. The number of aryl methyl sites for hydroxylation is 3. The summed E-state index contributed by atoms with van der Waals surface area (Å²) in [5.41, 5.74) is 3.05. The van der Waals surface area contributed by atoms with E-state index in [9.17, 15) is 13.2 Å². The third kappa shape index (κ3) is 4.24. The number of halogens is 1. The van der Waals surface area contributed by atoms with Crippen molar-refractivity contribution in [2.75, 3.05) is 18.4 Å². The lowest BCUT2D eigenvalue weighted by molar-refractivity contribution is -0.120. The quantitative estimate of drug-likeness (QED) is 0.801. The molecule has 28 heavy (non-hydrogen) atoms. The highest BCUT2D eigenvalue weighted by Gasteiger charge is 2.35. The number of nitrogens with one attached hydrogen (secondary N) is 1. The molecule has 1 aliphatic rings. The van der Waals surface area contributed by atoms with Crippen LogP contribution in [0.3, 0.4) is 0 Å². The molecule has 1 aliphatic heterocycles. The molecule has 150 valence electrons. The number of nitrogens with zero attached hydrogens (tertiary/aromatic N) is 1. The van der Waals surface area contributed by atoms with E-state index in [2.05, 4.69) is 5.32 Å². The maximum absolute atomic E-state index is 13.3. The Hall–Kier alpha value is -1.89. The minimum absolute atomic E-state index is 0.172. The van der Waals surface area contributed by atoms with Crippen LogP contribution in [0, 0.1) is 26.7 Å². The Bertz CT molecular complexity index is 981. The van der Waals surface area contributed by atoms with Crippen molar-refractivity contribution >= 4 is 33.2 Å². The summed E-state index contributed by atoms with van der Waals surface area (Å²) >= 11 is 6.12. The Morgan fingerprint density at radius 3 is 2.43 bits per heavy atom. The number of hydrogen-bond acceptors (Lipinski definition) is 3. The average Bonchev–Trinajstić information content (AvgIpc) is 2.62. The summed E-state index contributed by atoms with van der Waals surface area (Å²) in [5.74, 6) is -0.615. The van der Waals surface area contributed by atoms with Crippen molar-refractivity contribution in [3.63, 3.8) is 0 Å². The van der Waals surface area contributed by atoms with E-state index in [0.717, 1.165) is 16.7 Å². The van der Waals surface area contributed by atoms with Gasteiger partial charge in [0.25, 0.3) is 0 Å². The number of amides is 1. The first-order chi connectivity index (χ1) is 13.2. The molecule has 0 saturated carbocycles. The SMILES string of the molecule is Cc1cc(C)c(S(=O)(=O)N2CCCC(C(=O)Nc3ccccc3Cl)C2)c(C)c1. The highest BCUT2D eigenvalue weighted by atomic mass is 35.5. The molecule has 7 heteroatoms. The zero-order chi connectivity index (χ0) is 20.5. The maximum atomic E-state index is 13.3. The third-order valence-electron chi connectivity index (χ3n) is 5.09. The van der Waals surface area contributed by atoms with E-state index in [4.69, 9.17) is 11.6 Å². The summed E-state index contributed by atoms with van der Waals surface area (Å²) in [5, 5.41) is 3.29. The number of carbonyl (C=O) groups is 1. The van der Waals surface area contributed by atoms with Gasteiger partial charge in [0.05, 0.1) is 21.5 Å². The molecule has 1 N–H and O–H groups in total. The minimum Gasteiger partial charge on any atom is -0.324 e. The number of piperidine rings is 1. The molecule has 1 fully saturated rings. The molecule has 0 aromatic heterocycles. The number of rotatable bonds is 4. The number of hydrogen-bond donors (Lipinski definition) is 1. The Labute approximate surface area is 171 Å². The van der Waals surface area contributed by atoms with Crippen LogP contribution >= 0.6 is 11.6 Å². The highest BCUT2D eigenvalue weighted by molar-refractivity contribution is 7.89. The number of sulfonamides is 1. The fourth-order valence-electron chi connectivity index (χ4n) is 3.87. The van der Waals surface area contributed by atoms with E-state index in [1.165, 1.54) is 4.31 Å². The second-order valence-corrected chi connectivity index (χ2v) is 9.68. The van der Waals surface area contributed by atoms with Gasteiger partial charge in [-0.05, 0) is 56.9 Å². The molecule has 1 atom stereocenters. The van der Waals surface area contributed by atoms with Crippen LogP contribution in [0.2, 0.25) is 5.02 Å². The predicted molar refractivity (Wildman–Crippen MR) is 112 cm³/mol. The number of anilines is 1. The van der Waals surface area contributed by atoms with Gasteiger partial charge in [0.1, 0.15) is 0 Å². The zero-order valence-electron chi connectivity index (χ0n) is 16.3. The molecule has 2 aromatic rings. The van der Waals surface area contributed by atoms with Gasteiger partial charge in [0.2, 0.25) is 15.9 Å². The molecule has 1 amide bonds. The summed E-state index contributed by atoms with van der Waals surface area (Å²) in [6.07, 6.45) is 1.29. The van der Waals surface area contributed by atoms with E-state index in [1.54, 1.807) is 24.3 Å². The van der Waals surface area contributed by atoms with Gasteiger partial charge in [-0.3, -0.25) is 4.79 Å². The van der Waals surface area contributed by atoms with E-state index < -0.39 is 15.9 Å². The first-order valence-electron chi connectivity index (χ1n) is 9.33. The Morgan fingerprint density at radius 2 is 1.79 bits per heavy atom. The largest absolute Gasteiger partial charge is 0.324 e. The van der Waals surface area contributed by atoms with Crippen molar-refractivity contribution < 1.29 is 13.2 Å². The molecule has 0 spiro atoms. The van der Waals surface area contributed by atoms with Gasteiger partial charge in [-0.25, -0.2) is 8.42 Å².